The Labute approximate surface area is 324 Å². The summed E-state index contributed by atoms with van der Waals surface area (Å²) in [5.41, 5.74) is 29.0. The minimum absolute atomic E-state index is 0.0580. The Kier molecular flexibility index (Phi) is 25.2. The van der Waals surface area contributed by atoms with Crippen LogP contribution in [0, 0.1) is 10.1 Å². The summed E-state index contributed by atoms with van der Waals surface area (Å²) in [5, 5.41) is 28.8. The molecule has 0 aliphatic carbocycles. The minimum atomic E-state index is -1.17. The number of aliphatic imine (C=N–C) groups is 1. The van der Waals surface area contributed by atoms with Gasteiger partial charge in [-0.15, -0.1) is 0 Å². The van der Waals surface area contributed by atoms with E-state index in [4.69, 9.17) is 38.5 Å². The van der Waals surface area contributed by atoms with Gasteiger partial charge in [-0.1, -0.05) is 60.7 Å². The van der Waals surface area contributed by atoms with Crippen LogP contribution < -0.4 is 44.6 Å². The summed E-state index contributed by atoms with van der Waals surface area (Å²) >= 11 is 0. The summed E-state index contributed by atoms with van der Waals surface area (Å²) in [4.78, 5) is 48.6. The lowest BCUT2D eigenvalue weighted by Crippen LogP contribution is -2.45. The fourth-order valence-electron chi connectivity index (χ4n) is 4.69. The van der Waals surface area contributed by atoms with Gasteiger partial charge in [-0.05, 0) is 97.1 Å². The maximum Gasteiger partial charge on any atom is 0.408 e. The summed E-state index contributed by atoms with van der Waals surface area (Å²) in [5.74, 6) is -1.50. The van der Waals surface area contributed by atoms with E-state index in [1.54, 1.807) is 20.8 Å². The first-order chi connectivity index (χ1) is 25.8. The van der Waals surface area contributed by atoms with Crippen LogP contribution in [0.15, 0.2) is 70.8 Å². The lowest BCUT2D eigenvalue weighted by Gasteiger charge is -2.22. The van der Waals surface area contributed by atoms with Gasteiger partial charge in [0.15, 0.2) is 11.0 Å². The molecule has 18 heteroatoms. The van der Waals surface area contributed by atoms with Crippen LogP contribution in [0.5, 0.6) is 0 Å². The van der Waals surface area contributed by atoms with Crippen molar-refractivity contribution in [2.24, 2.45) is 38.8 Å². The van der Waals surface area contributed by atoms with Crippen LogP contribution in [0.1, 0.15) is 84.3 Å². The monoisotopic (exact) mass is 773 g/mol. The minimum Gasteiger partial charge on any atom is -0.480 e. The topological polar surface area (TPSA) is 315 Å². The van der Waals surface area contributed by atoms with E-state index < -0.39 is 34.8 Å². The largest absolute Gasteiger partial charge is 0.480 e. The molecular formula is C37H63N11O7. The molecule has 0 aliphatic rings. The Bertz CT molecular complexity index is 1450. The second-order valence-corrected chi connectivity index (χ2v) is 13.9. The summed E-state index contributed by atoms with van der Waals surface area (Å²) in [6, 6.07) is 19.1. The molecule has 0 fully saturated rings. The van der Waals surface area contributed by atoms with Crippen LogP contribution in [0.3, 0.4) is 0 Å². The van der Waals surface area contributed by atoms with Crippen LogP contribution in [-0.2, 0) is 27.2 Å². The molecule has 55 heavy (non-hydrogen) atoms. The molecule has 0 spiro atoms. The molecule has 0 saturated heterocycles. The van der Waals surface area contributed by atoms with Crippen molar-refractivity contribution in [1.82, 2.24) is 16.0 Å². The zero-order chi connectivity index (χ0) is 41.8. The maximum absolute atomic E-state index is 12.0. The average molecular weight is 774 g/mol. The van der Waals surface area contributed by atoms with Gasteiger partial charge < -0.3 is 54.5 Å². The highest BCUT2D eigenvalue weighted by Crippen LogP contribution is 2.09. The second-order valence-electron chi connectivity index (χ2n) is 13.9. The third-order valence-electron chi connectivity index (χ3n) is 7.13. The summed E-state index contributed by atoms with van der Waals surface area (Å²) in [7, 11) is 0. The SMILES string of the molecule is CC(C)(C)OC(=O)NC(CCCCN/C(N)=N/[N+](=O)[O-])C(=O)O.C[C@@H](N)Cc1ccccc1.C[C@H](Cc1ccccc1)NC(=O)C(N)CCCCN=C(N)N. The van der Waals surface area contributed by atoms with Crippen LogP contribution in [0.25, 0.3) is 0 Å². The first-order valence-electron chi connectivity index (χ1n) is 18.2. The number of carboxylic acid groups (broad SMARTS) is 1. The van der Waals surface area contributed by atoms with E-state index in [9.17, 15) is 24.5 Å². The Balaban J connectivity index is 0.000000851. The highest BCUT2D eigenvalue weighted by Gasteiger charge is 2.23. The number of amides is 2. The van der Waals surface area contributed by atoms with E-state index in [2.05, 4.69) is 38.2 Å². The normalized spacial score (nSPS) is 13.1. The molecular weight excluding hydrogens is 710 g/mol. The number of nitrogens with zero attached hydrogens (tertiary/aromatic N) is 3. The van der Waals surface area contributed by atoms with E-state index in [-0.39, 0.29) is 36.3 Å². The van der Waals surface area contributed by atoms with E-state index in [1.807, 2.05) is 62.4 Å². The van der Waals surface area contributed by atoms with Crippen molar-refractivity contribution in [3.63, 3.8) is 0 Å². The molecule has 2 rings (SSSR count). The summed E-state index contributed by atoms with van der Waals surface area (Å²) in [6.45, 7) is 9.88. The molecule has 0 heterocycles. The molecule has 2 aromatic rings. The molecule has 2 aromatic carbocycles. The average Bonchev–Trinajstić information content (AvgIpc) is 3.07. The summed E-state index contributed by atoms with van der Waals surface area (Å²) in [6.07, 6.45) is 4.36. The number of alkyl carbamates (subject to hydrolysis) is 1. The predicted octanol–water partition coefficient (Wildman–Crippen LogP) is 2.31. The van der Waals surface area contributed by atoms with Crippen molar-refractivity contribution in [2.45, 2.75) is 116 Å². The van der Waals surface area contributed by atoms with Gasteiger partial charge >= 0.3 is 12.1 Å². The second kappa shape index (κ2) is 28.0. The molecule has 0 aromatic heterocycles. The van der Waals surface area contributed by atoms with E-state index in [0.717, 1.165) is 25.7 Å². The number of benzene rings is 2. The number of nitrogens with two attached hydrogens (primary N) is 5. The number of hydrazone groups is 1. The zero-order valence-corrected chi connectivity index (χ0v) is 32.8. The van der Waals surface area contributed by atoms with Crippen LogP contribution in [-0.4, -0.2) is 82.9 Å². The number of nitro groups is 1. The molecule has 0 radical (unpaired) electrons. The van der Waals surface area contributed by atoms with Crippen molar-refractivity contribution in [3.05, 3.63) is 81.9 Å². The van der Waals surface area contributed by atoms with Crippen LogP contribution >= 0.6 is 0 Å². The molecule has 4 atom stereocenters. The number of carbonyl (C=O) groups is 3. The molecule has 0 aliphatic heterocycles. The Hall–Kier alpha value is -5.49. The lowest BCUT2D eigenvalue weighted by molar-refractivity contribution is -0.485. The molecule has 308 valence electrons. The van der Waals surface area contributed by atoms with Gasteiger partial charge in [0, 0.05) is 25.2 Å². The Morgan fingerprint density at radius 2 is 1.40 bits per heavy atom. The third kappa shape index (κ3) is 29.6. The van der Waals surface area contributed by atoms with E-state index in [1.165, 1.54) is 11.1 Å². The molecule has 14 N–H and O–H groups in total. The van der Waals surface area contributed by atoms with Gasteiger partial charge in [0.1, 0.15) is 16.7 Å². The highest BCUT2D eigenvalue weighted by atomic mass is 16.7. The molecule has 0 saturated carbocycles. The van der Waals surface area contributed by atoms with Crippen molar-refractivity contribution in [2.75, 3.05) is 13.1 Å². The van der Waals surface area contributed by atoms with Crippen molar-refractivity contribution >= 4 is 29.9 Å². The van der Waals surface area contributed by atoms with Gasteiger partial charge in [0.2, 0.25) is 5.91 Å². The van der Waals surface area contributed by atoms with Gasteiger partial charge in [0.25, 0.3) is 5.96 Å². The third-order valence-corrected chi connectivity index (χ3v) is 7.13. The van der Waals surface area contributed by atoms with Crippen molar-refractivity contribution in [3.8, 4) is 0 Å². The van der Waals surface area contributed by atoms with Gasteiger partial charge in [-0.3, -0.25) is 9.79 Å². The predicted molar refractivity (Wildman–Crippen MR) is 215 cm³/mol. The van der Waals surface area contributed by atoms with Crippen molar-refractivity contribution < 1.29 is 29.3 Å². The first kappa shape index (κ1) is 49.5. The quantitative estimate of drug-likeness (QED) is 0.0326. The number of carbonyl (C=O) groups excluding carboxylic acids is 2. The molecule has 2 amide bonds. The van der Waals surface area contributed by atoms with Gasteiger partial charge in [0.05, 0.1) is 6.04 Å². The number of ether oxygens (including phenoxy) is 1. The highest BCUT2D eigenvalue weighted by molar-refractivity contribution is 5.81. The number of aliphatic carboxylic acids is 1. The Morgan fingerprint density at radius 1 is 0.855 bits per heavy atom. The number of guanidine groups is 2. The fraction of sp³-hybridized carbons (Fsp3) is 0.541. The maximum atomic E-state index is 12.0. The fourth-order valence-corrected chi connectivity index (χ4v) is 4.69. The van der Waals surface area contributed by atoms with E-state index >= 15 is 0 Å². The number of hydrogen-bond donors (Lipinski definition) is 9. The first-order valence-corrected chi connectivity index (χ1v) is 18.2. The van der Waals surface area contributed by atoms with E-state index in [0.29, 0.717) is 32.4 Å². The number of unbranched alkanes of at least 4 members (excludes halogenated alkanes) is 2. The smallest absolute Gasteiger partial charge is 0.408 e. The standard InChI is InChI=1S/C16H27N5O.C12H23N5O6.C9H13N/c1-12(11-13-7-3-2-4-8-13)21-15(22)14(17)9-5-6-10-20-16(18)19;1-12(2,3)23-11(20)15-8(9(18)19)6-4-5-7-14-10(13)16-17(21)22;1-8(10)7-9-5-3-2-4-6-9/h2-4,7-8,12,14H,5-6,9-11,17H2,1H3,(H,21,22)(H4,18,19,20);8H,4-7H2,1-3H3,(H,15,20)(H,18,19)(H3,13,14,16);2-6,8H,7,10H2,1H3/t12-,14?;;8-/m1.1/s1. The summed E-state index contributed by atoms with van der Waals surface area (Å²) < 4.78 is 4.99. The Morgan fingerprint density at radius 3 is 1.89 bits per heavy atom. The number of hydrogen-bond acceptors (Lipinski definition) is 9. The van der Waals surface area contributed by atoms with Gasteiger partial charge in [-0.2, -0.15) is 0 Å². The molecule has 18 nitrogen and oxygen atoms in total. The van der Waals surface area contributed by atoms with Crippen molar-refractivity contribution in [1.29, 1.82) is 0 Å². The zero-order valence-electron chi connectivity index (χ0n) is 32.8. The van der Waals surface area contributed by atoms with Crippen LogP contribution in [0.4, 0.5) is 4.79 Å². The lowest BCUT2D eigenvalue weighted by atomic mass is 10.1. The van der Waals surface area contributed by atoms with Gasteiger partial charge in [-0.25, -0.2) is 19.7 Å². The number of rotatable bonds is 19. The van der Waals surface area contributed by atoms with Crippen LogP contribution in [0.2, 0.25) is 0 Å². The molecule has 0 bridgehead atoms. The number of nitrogens with one attached hydrogen (secondary N) is 3. The number of carboxylic acids is 1. The molecule has 2 unspecified atom stereocenters.